The SMILES string of the molecule is O=C1NCCN1C12C[C@H]3C[C@@H](C1)C[C@@H](C2)C3. The molecule has 0 aromatic heterocycles. The minimum Gasteiger partial charge on any atom is -0.336 e. The summed E-state index contributed by atoms with van der Waals surface area (Å²) in [4.78, 5) is 14.1. The Kier molecular flexibility index (Phi) is 1.71. The van der Waals surface area contributed by atoms with Gasteiger partial charge in [0, 0.05) is 18.6 Å². The average Bonchev–Trinajstić information content (AvgIpc) is 2.62. The molecule has 0 atom stereocenters. The highest BCUT2D eigenvalue weighted by Crippen LogP contribution is 2.57. The fourth-order valence-corrected chi connectivity index (χ4v) is 5.32. The maximum atomic E-state index is 11.9. The summed E-state index contributed by atoms with van der Waals surface area (Å²) >= 11 is 0. The fourth-order valence-electron chi connectivity index (χ4n) is 5.32. The molecular formula is C13H20N2O. The molecule has 2 amide bonds. The van der Waals surface area contributed by atoms with Crippen molar-refractivity contribution in [2.24, 2.45) is 17.8 Å². The maximum absolute atomic E-state index is 11.9. The normalized spacial score (nSPS) is 49.9. The van der Waals surface area contributed by atoms with Gasteiger partial charge in [-0.05, 0) is 56.3 Å². The minimum atomic E-state index is 0.210. The van der Waals surface area contributed by atoms with Gasteiger partial charge in [-0.25, -0.2) is 4.79 Å². The van der Waals surface area contributed by atoms with E-state index in [2.05, 4.69) is 10.2 Å². The monoisotopic (exact) mass is 220 g/mol. The quantitative estimate of drug-likeness (QED) is 0.720. The Labute approximate surface area is 96.6 Å². The van der Waals surface area contributed by atoms with E-state index in [0.717, 1.165) is 30.8 Å². The molecule has 0 aromatic rings. The van der Waals surface area contributed by atoms with Crippen LogP contribution in [0.1, 0.15) is 38.5 Å². The highest BCUT2D eigenvalue weighted by molar-refractivity contribution is 5.77. The van der Waals surface area contributed by atoms with Crippen LogP contribution in [0.15, 0.2) is 0 Å². The minimum absolute atomic E-state index is 0.210. The number of rotatable bonds is 1. The Balaban J connectivity index is 1.68. The topological polar surface area (TPSA) is 32.3 Å². The van der Waals surface area contributed by atoms with E-state index in [1.54, 1.807) is 0 Å². The van der Waals surface area contributed by atoms with Crippen molar-refractivity contribution in [1.82, 2.24) is 10.2 Å². The summed E-state index contributed by atoms with van der Waals surface area (Å²) in [6.45, 7) is 1.81. The van der Waals surface area contributed by atoms with Crippen molar-refractivity contribution in [2.45, 2.75) is 44.1 Å². The van der Waals surface area contributed by atoms with Gasteiger partial charge in [0.15, 0.2) is 0 Å². The summed E-state index contributed by atoms with van der Waals surface area (Å²) in [7, 11) is 0. The molecule has 0 unspecified atom stereocenters. The molecule has 4 bridgehead atoms. The molecule has 3 heteroatoms. The zero-order valence-electron chi connectivity index (χ0n) is 9.74. The first kappa shape index (κ1) is 9.32. The van der Waals surface area contributed by atoms with Crippen LogP contribution in [0.3, 0.4) is 0 Å². The molecule has 5 aliphatic rings. The molecule has 0 aromatic carbocycles. The third-order valence-corrected chi connectivity index (χ3v) is 5.44. The number of hydrogen-bond acceptors (Lipinski definition) is 1. The third-order valence-electron chi connectivity index (χ3n) is 5.44. The van der Waals surface area contributed by atoms with Gasteiger partial charge in [-0.3, -0.25) is 0 Å². The number of nitrogens with zero attached hydrogens (tertiary/aromatic N) is 1. The summed E-state index contributed by atoms with van der Waals surface area (Å²) in [5.41, 5.74) is 0.273. The number of carbonyl (C=O) groups is 1. The number of hydrogen-bond donors (Lipinski definition) is 1. The van der Waals surface area contributed by atoms with E-state index in [1.165, 1.54) is 38.5 Å². The molecule has 5 rings (SSSR count). The first-order valence-corrected chi connectivity index (χ1v) is 6.81. The molecule has 4 saturated carbocycles. The molecule has 1 aliphatic heterocycles. The van der Waals surface area contributed by atoms with Crippen LogP contribution in [-0.4, -0.2) is 29.6 Å². The molecule has 0 spiro atoms. The highest BCUT2D eigenvalue weighted by Gasteiger charge is 2.55. The summed E-state index contributed by atoms with van der Waals surface area (Å²) in [6, 6.07) is 0.210. The average molecular weight is 220 g/mol. The van der Waals surface area contributed by atoms with Crippen LogP contribution in [0.2, 0.25) is 0 Å². The zero-order valence-corrected chi connectivity index (χ0v) is 9.74. The Morgan fingerprint density at radius 2 is 1.62 bits per heavy atom. The van der Waals surface area contributed by atoms with Crippen LogP contribution in [0.4, 0.5) is 4.79 Å². The van der Waals surface area contributed by atoms with Crippen molar-refractivity contribution >= 4 is 6.03 Å². The van der Waals surface area contributed by atoms with Gasteiger partial charge in [0.2, 0.25) is 0 Å². The lowest BCUT2D eigenvalue weighted by atomic mass is 9.52. The Hall–Kier alpha value is -0.730. The van der Waals surface area contributed by atoms with Gasteiger partial charge in [-0.1, -0.05) is 0 Å². The number of carbonyl (C=O) groups excluding carboxylic acids is 1. The molecule has 4 aliphatic carbocycles. The summed E-state index contributed by atoms with van der Waals surface area (Å²) < 4.78 is 0. The summed E-state index contributed by atoms with van der Waals surface area (Å²) in [5, 5.41) is 2.98. The zero-order chi connectivity index (χ0) is 10.8. The molecule has 1 heterocycles. The van der Waals surface area contributed by atoms with Crippen LogP contribution in [0.5, 0.6) is 0 Å². The van der Waals surface area contributed by atoms with E-state index < -0.39 is 0 Å². The second kappa shape index (κ2) is 2.93. The third kappa shape index (κ3) is 1.12. The van der Waals surface area contributed by atoms with Gasteiger partial charge in [0.25, 0.3) is 0 Å². The number of urea groups is 1. The van der Waals surface area contributed by atoms with Crippen LogP contribution in [0.25, 0.3) is 0 Å². The van der Waals surface area contributed by atoms with E-state index in [1.807, 2.05) is 0 Å². The van der Waals surface area contributed by atoms with Gasteiger partial charge >= 0.3 is 6.03 Å². The van der Waals surface area contributed by atoms with Crippen LogP contribution in [-0.2, 0) is 0 Å². The summed E-state index contributed by atoms with van der Waals surface area (Å²) in [6.07, 6.45) is 8.25. The second-order valence-electron chi connectivity index (χ2n) is 6.53. The van der Waals surface area contributed by atoms with Crippen LogP contribution >= 0.6 is 0 Å². The van der Waals surface area contributed by atoms with Crippen LogP contribution in [0, 0.1) is 17.8 Å². The highest BCUT2D eigenvalue weighted by atomic mass is 16.2. The first-order chi connectivity index (χ1) is 7.75. The number of amides is 2. The second-order valence-corrected chi connectivity index (χ2v) is 6.53. The van der Waals surface area contributed by atoms with Gasteiger partial charge in [0.05, 0.1) is 0 Å². The molecule has 3 nitrogen and oxygen atoms in total. The van der Waals surface area contributed by atoms with Crippen molar-refractivity contribution in [1.29, 1.82) is 0 Å². The fraction of sp³-hybridized carbons (Fsp3) is 0.923. The predicted octanol–water partition coefficient (Wildman–Crippen LogP) is 1.98. The first-order valence-electron chi connectivity index (χ1n) is 6.81. The Morgan fingerprint density at radius 3 is 2.06 bits per heavy atom. The van der Waals surface area contributed by atoms with E-state index >= 15 is 0 Å². The van der Waals surface area contributed by atoms with E-state index in [4.69, 9.17) is 0 Å². The van der Waals surface area contributed by atoms with Crippen molar-refractivity contribution in [3.05, 3.63) is 0 Å². The van der Waals surface area contributed by atoms with Gasteiger partial charge in [-0.2, -0.15) is 0 Å². The predicted molar refractivity (Wildman–Crippen MR) is 61.0 cm³/mol. The molecule has 16 heavy (non-hydrogen) atoms. The van der Waals surface area contributed by atoms with Gasteiger partial charge in [0.1, 0.15) is 0 Å². The van der Waals surface area contributed by atoms with Gasteiger partial charge in [-0.15, -0.1) is 0 Å². The molecule has 5 fully saturated rings. The molecule has 88 valence electrons. The lowest BCUT2D eigenvalue weighted by molar-refractivity contribution is -0.0641. The largest absolute Gasteiger partial charge is 0.336 e. The molecule has 1 N–H and O–H groups in total. The maximum Gasteiger partial charge on any atom is 0.317 e. The Bertz CT molecular complexity index is 304. The molecule has 0 radical (unpaired) electrons. The van der Waals surface area contributed by atoms with E-state index in [9.17, 15) is 4.79 Å². The number of nitrogens with one attached hydrogen (secondary N) is 1. The van der Waals surface area contributed by atoms with Crippen molar-refractivity contribution in [3.63, 3.8) is 0 Å². The van der Waals surface area contributed by atoms with Crippen molar-refractivity contribution in [3.8, 4) is 0 Å². The Morgan fingerprint density at radius 1 is 1.06 bits per heavy atom. The lowest BCUT2D eigenvalue weighted by Gasteiger charge is -2.59. The lowest BCUT2D eigenvalue weighted by Crippen LogP contribution is -2.60. The van der Waals surface area contributed by atoms with E-state index in [-0.39, 0.29) is 11.6 Å². The summed E-state index contributed by atoms with van der Waals surface area (Å²) in [5.74, 6) is 2.79. The molecule has 1 saturated heterocycles. The standard InChI is InChI=1S/C13H20N2O/c16-12-14-1-2-15(12)13-6-9-3-10(7-13)5-11(4-9)8-13/h9-11H,1-8H2,(H,14,16)/t9-,10+,11-,13?. The van der Waals surface area contributed by atoms with Gasteiger partial charge < -0.3 is 10.2 Å². The van der Waals surface area contributed by atoms with Crippen LogP contribution < -0.4 is 5.32 Å². The smallest absolute Gasteiger partial charge is 0.317 e. The van der Waals surface area contributed by atoms with Crippen molar-refractivity contribution < 1.29 is 4.79 Å². The molecular weight excluding hydrogens is 200 g/mol. The van der Waals surface area contributed by atoms with E-state index in [0.29, 0.717) is 0 Å². The van der Waals surface area contributed by atoms with Crippen molar-refractivity contribution in [2.75, 3.05) is 13.1 Å².